The number of hydrogen-bond donors (Lipinski definition) is 1. The SMILES string of the molecule is COc1ccc(CNC(=O)N2CC(Oc3ncccc3C#N)C2)cc1OC. The number of ether oxygens (including phenoxy) is 3. The quantitative estimate of drug-likeness (QED) is 0.837. The Morgan fingerprint density at radius 3 is 2.78 bits per heavy atom. The van der Waals surface area contributed by atoms with Gasteiger partial charge in [0.25, 0.3) is 0 Å². The first-order valence-corrected chi connectivity index (χ1v) is 8.40. The Balaban J connectivity index is 1.48. The van der Waals surface area contributed by atoms with Crippen LogP contribution in [0.15, 0.2) is 36.5 Å². The molecule has 1 fully saturated rings. The molecular weight excluding hydrogens is 348 g/mol. The summed E-state index contributed by atoms with van der Waals surface area (Å²) in [7, 11) is 3.14. The van der Waals surface area contributed by atoms with Crippen LogP contribution in [0.25, 0.3) is 0 Å². The van der Waals surface area contributed by atoms with Crippen LogP contribution in [0.3, 0.4) is 0 Å². The van der Waals surface area contributed by atoms with Crippen molar-refractivity contribution in [1.82, 2.24) is 15.2 Å². The van der Waals surface area contributed by atoms with E-state index in [-0.39, 0.29) is 12.1 Å². The van der Waals surface area contributed by atoms with Crippen molar-refractivity contribution in [3.05, 3.63) is 47.7 Å². The van der Waals surface area contributed by atoms with Gasteiger partial charge in [-0.1, -0.05) is 6.07 Å². The monoisotopic (exact) mass is 368 g/mol. The maximum Gasteiger partial charge on any atom is 0.317 e. The number of carbonyl (C=O) groups excluding carboxylic acids is 1. The van der Waals surface area contributed by atoms with Crippen molar-refractivity contribution in [3.8, 4) is 23.4 Å². The molecule has 0 atom stereocenters. The first-order valence-electron chi connectivity index (χ1n) is 8.40. The molecule has 2 heterocycles. The average molecular weight is 368 g/mol. The van der Waals surface area contributed by atoms with Crippen LogP contribution in [0.4, 0.5) is 4.79 Å². The van der Waals surface area contributed by atoms with Crippen molar-refractivity contribution >= 4 is 6.03 Å². The Kier molecular flexibility index (Phi) is 5.61. The smallest absolute Gasteiger partial charge is 0.317 e. The molecule has 1 aliphatic heterocycles. The highest BCUT2D eigenvalue weighted by Crippen LogP contribution is 2.27. The molecule has 0 spiro atoms. The lowest BCUT2D eigenvalue weighted by atomic mass is 10.1. The van der Waals surface area contributed by atoms with Crippen LogP contribution in [0, 0.1) is 11.3 Å². The third kappa shape index (κ3) is 4.20. The highest BCUT2D eigenvalue weighted by molar-refractivity contribution is 5.75. The Labute approximate surface area is 157 Å². The van der Waals surface area contributed by atoms with Crippen LogP contribution in [-0.2, 0) is 6.54 Å². The molecule has 8 nitrogen and oxygen atoms in total. The summed E-state index contributed by atoms with van der Waals surface area (Å²) < 4.78 is 16.1. The molecule has 0 saturated carbocycles. The number of likely N-dealkylation sites (tertiary alicyclic amines) is 1. The van der Waals surface area contributed by atoms with Crippen LogP contribution in [-0.4, -0.2) is 49.3 Å². The van der Waals surface area contributed by atoms with Crippen molar-refractivity contribution < 1.29 is 19.0 Å². The number of hydrogen-bond acceptors (Lipinski definition) is 6. The molecule has 2 amide bonds. The summed E-state index contributed by atoms with van der Waals surface area (Å²) in [5.74, 6) is 1.56. The summed E-state index contributed by atoms with van der Waals surface area (Å²) in [6.45, 7) is 1.26. The lowest BCUT2D eigenvalue weighted by Gasteiger charge is -2.38. The zero-order valence-corrected chi connectivity index (χ0v) is 15.1. The summed E-state index contributed by atoms with van der Waals surface area (Å²) in [6, 6.07) is 10.7. The number of carbonyl (C=O) groups is 1. The highest BCUT2D eigenvalue weighted by Gasteiger charge is 2.33. The molecular formula is C19H20N4O4. The summed E-state index contributed by atoms with van der Waals surface area (Å²) >= 11 is 0. The van der Waals surface area contributed by atoms with Gasteiger partial charge in [-0.05, 0) is 29.8 Å². The molecule has 0 unspecified atom stereocenters. The van der Waals surface area contributed by atoms with Crippen LogP contribution in [0.5, 0.6) is 17.4 Å². The van der Waals surface area contributed by atoms with E-state index in [0.29, 0.717) is 42.6 Å². The Morgan fingerprint density at radius 2 is 2.07 bits per heavy atom. The van der Waals surface area contributed by atoms with Crippen molar-refractivity contribution in [3.63, 3.8) is 0 Å². The van der Waals surface area contributed by atoms with Gasteiger partial charge in [-0.3, -0.25) is 0 Å². The summed E-state index contributed by atoms with van der Waals surface area (Å²) in [5.41, 5.74) is 1.29. The minimum atomic E-state index is -0.175. The third-order valence-corrected chi connectivity index (χ3v) is 4.20. The van der Waals surface area contributed by atoms with Gasteiger partial charge in [-0.2, -0.15) is 5.26 Å². The van der Waals surface area contributed by atoms with Gasteiger partial charge in [0.2, 0.25) is 5.88 Å². The Bertz CT molecular complexity index is 859. The van der Waals surface area contributed by atoms with Gasteiger partial charge < -0.3 is 24.4 Å². The van der Waals surface area contributed by atoms with Crippen molar-refractivity contribution in [1.29, 1.82) is 5.26 Å². The average Bonchev–Trinajstić information content (AvgIpc) is 2.68. The highest BCUT2D eigenvalue weighted by atomic mass is 16.5. The molecule has 0 radical (unpaired) electrons. The molecule has 1 aliphatic rings. The molecule has 8 heteroatoms. The standard InChI is InChI=1S/C19H20N4O4/c1-25-16-6-5-13(8-17(16)26-2)10-22-19(24)23-11-15(12-23)27-18-14(9-20)4-3-7-21-18/h3-8,15H,10-12H2,1-2H3,(H,22,24). The van der Waals surface area contributed by atoms with Gasteiger partial charge in [-0.25, -0.2) is 9.78 Å². The van der Waals surface area contributed by atoms with Gasteiger partial charge in [0, 0.05) is 12.7 Å². The number of aromatic nitrogens is 1. The van der Waals surface area contributed by atoms with Crippen LogP contribution >= 0.6 is 0 Å². The normalized spacial score (nSPS) is 13.3. The molecule has 1 saturated heterocycles. The second-order valence-electron chi connectivity index (χ2n) is 5.96. The predicted molar refractivity (Wildman–Crippen MR) is 96.7 cm³/mol. The molecule has 140 valence electrons. The maximum atomic E-state index is 12.2. The molecule has 1 aromatic carbocycles. The number of amides is 2. The van der Waals surface area contributed by atoms with E-state index in [0.717, 1.165) is 5.56 Å². The predicted octanol–water partition coefficient (Wildman–Crippen LogP) is 1.94. The number of nitrogens with zero attached hydrogens (tertiary/aromatic N) is 3. The fourth-order valence-corrected chi connectivity index (χ4v) is 2.69. The van der Waals surface area contributed by atoms with Crippen LogP contribution in [0.2, 0.25) is 0 Å². The molecule has 1 aromatic heterocycles. The zero-order valence-electron chi connectivity index (χ0n) is 15.1. The first kappa shape index (κ1) is 18.3. The van der Waals surface area contributed by atoms with E-state index in [1.54, 1.807) is 43.5 Å². The van der Waals surface area contributed by atoms with Crippen molar-refractivity contribution in [2.75, 3.05) is 27.3 Å². The molecule has 2 aromatic rings. The number of rotatable bonds is 6. The number of pyridine rings is 1. The number of nitriles is 1. The molecule has 0 bridgehead atoms. The van der Waals surface area contributed by atoms with Gasteiger partial charge in [0.05, 0.1) is 27.3 Å². The lowest BCUT2D eigenvalue weighted by molar-refractivity contribution is 0.0411. The molecule has 3 rings (SSSR count). The number of methoxy groups -OCH3 is 2. The van der Waals surface area contributed by atoms with Crippen LogP contribution < -0.4 is 19.5 Å². The number of urea groups is 1. The van der Waals surface area contributed by atoms with E-state index < -0.39 is 0 Å². The Morgan fingerprint density at radius 1 is 1.30 bits per heavy atom. The number of benzene rings is 1. The topological polar surface area (TPSA) is 96.7 Å². The first-order chi connectivity index (χ1) is 13.1. The molecule has 0 aliphatic carbocycles. The minimum Gasteiger partial charge on any atom is -0.493 e. The summed E-state index contributed by atoms with van der Waals surface area (Å²) in [6.07, 6.45) is 1.40. The lowest BCUT2D eigenvalue weighted by Crippen LogP contribution is -2.58. The second kappa shape index (κ2) is 8.27. The molecule has 1 N–H and O–H groups in total. The van der Waals surface area contributed by atoms with E-state index in [9.17, 15) is 4.79 Å². The summed E-state index contributed by atoms with van der Waals surface area (Å²) in [5, 5.41) is 11.9. The second-order valence-corrected chi connectivity index (χ2v) is 5.96. The fourth-order valence-electron chi connectivity index (χ4n) is 2.69. The van der Waals surface area contributed by atoms with Gasteiger partial charge >= 0.3 is 6.03 Å². The summed E-state index contributed by atoms with van der Waals surface area (Å²) in [4.78, 5) is 17.9. The van der Waals surface area contributed by atoms with E-state index in [1.165, 1.54) is 0 Å². The Hall–Kier alpha value is -3.47. The fraction of sp³-hybridized carbons (Fsp3) is 0.316. The van der Waals surface area contributed by atoms with E-state index >= 15 is 0 Å². The van der Waals surface area contributed by atoms with E-state index in [4.69, 9.17) is 19.5 Å². The minimum absolute atomic E-state index is 0.168. The maximum absolute atomic E-state index is 12.2. The van der Waals surface area contributed by atoms with Crippen molar-refractivity contribution in [2.45, 2.75) is 12.6 Å². The third-order valence-electron chi connectivity index (χ3n) is 4.20. The van der Waals surface area contributed by atoms with E-state index in [2.05, 4.69) is 10.3 Å². The zero-order chi connectivity index (χ0) is 19.2. The largest absolute Gasteiger partial charge is 0.493 e. The van der Waals surface area contributed by atoms with Gasteiger partial charge in [-0.15, -0.1) is 0 Å². The van der Waals surface area contributed by atoms with Crippen molar-refractivity contribution in [2.24, 2.45) is 0 Å². The van der Waals surface area contributed by atoms with Crippen LogP contribution in [0.1, 0.15) is 11.1 Å². The van der Waals surface area contributed by atoms with Gasteiger partial charge in [0.1, 0.15) is 17.7 Å². The molecule has 27 heavy (non-hydrogen) atoms. The van der Waals surface area contributed by atoms with Gasteiger partial charge in [0.15, 0.2) is 11.5 Å². The van der Waals surface area contributed by atoms with E-state index in [1.807, 2.05) is 18.2 Å². The number of nitrogens with one attached hydrogen (secondary N) is 1.